The van der Waals surface area contributed by atoms with E-state index in [0.717, 1.165) is 12.8 Å². The first-order chi connectivity index (χ1) is 8.26. The summed E-state index contributed by atoms with van der Waals surface area (Å²) in [6.45, 7) is 11.7. The second kappa shape index (κ2) is 5.29. The molecule has 0 radical (unpaired) electrons. The van der Waals surface area contributed by atoms with Crippen molar-refractivity contribution in [3.05, 3.63) is 0 Å². The molecule has 0 aromatic heterocycles. The molecule has 1 fully saturated rings. The Morgan fingerprint density at radius 3 is 2.22 bits per heavy atom. The highest BCUT2D eigenvalue weighted by molar-refractivity contribution is 5.95. The van der Waals surface area contributed by atoms with Crippen LogP contribution < -0.4 is 0 Å². The third-order valence-corrected chi connectivity index (χ3v) is 3.74. The fourth-order valence-corrected chi connectivity index (χ4v) is 2.92. The number of hydrogen-bond donors (Lipinski definition) is 0. The van der Waals surface area contributed by atoms with Gasteiger partial charge in [0.1, 0.15) is 5.60 Å². The highest BCUT2D eigenvalue weighted by atomic mass is 16.6. The number of nitrogens with zero attached hydrogens (tertiary/aromatic N) is 1. The molecule has 0 aliphatic carbocycles. The van der Waals surface area contributed by atoms with E-state index in [1.165, 1.54) is 4.90 Å². The van der Waals surface area contributed by atoms with Crippen LogP contribution in [0.5, 0.6) is 0 Å². The van der Waals surface area contributed by atoms with Crippen LogP contribution in [0.2, 0.25) is 0 Å². The van der Waals surface area contributed by atoms with Gasteiger partial charge in [0.25, 0.3) is 0 Å². The molecule has 18 heavy (non-hydrogen) atoms. The summed E-state index contributed by atoms with van der Waals surface area (Å²) in [5.41, 5.74) is -0.604. The third-order valence-electron chi connectivity index (χ3n) is 3.74. The van der Waals surface area contributed by atoms with Gasteiger partial charge in [-0.15, -0.1) is 0 Å². The lowest BCUT2D eigenvalue weighted by molar-refractivity contribution is -0.135. The number of ether oxygens (including phenoxy) is 1. The minimum Gasteiger partial charge on any atom is -0.441 e. The van der Waals surface area contributed by atoms with Crippen LogP contribution in [-0.2, 0) is 9.53 Å². The van der Waals surface area contributed by atoms with Crippen LogP contribution in [0.25, 0.3) is 0 Å². The van der Waals surface area contributed by atoms with Crippen molar-refractivity contribution in [3.8, 4) is 0 Å². The summed E-state index contributed by atoms with van der Waals surface area (Å²) in [6.07, 6.45) is 1.02. The second-order valence-corrected chi connectivity index (χ2v) is 5.88. The van der Waals surface area contributed by atoms with Crippen molar-refractivity contribution < 1.29 is 14.3 Å². The monoisotopic (exact) mass is 255 g/mol. The van der Waals surface area contributed by atoms with Crippen LogP contribution >= 0.6 is 0 Å². The molecule has 1 aliphatic rings. The highest BCUT2D eigenvalue weighted by Gasteiger charge is 2.52. The Balaban J connectivity index is 3.05. The quantitative estimate of drug-likeness (QED) is 0.775. The maximum atomic E-state index is 12.4. The van der Waals surface area contributed by atoms with Crippen molar-refractivity contribution in [2.45, 2.75) is 66.0 Å². The molecule has 0 aromatic carbocycles. The number of rotatable bonds is 4. The van der Waals surface area contributed by atoms with Crippen LogP contribution in [0.1, 0.15) is 54.4 Å². The molecule has 0 saturated carbocycles. The van der Waals surface area contributed by atoms with Crippen molar-refractivity contribution in [1.29, 1.82) is 0 Å². The summed E-state index contributed by atoms with van der Waals surface area (Å²) >= 11 is 0. The van der Waals surface area contributed by atoms with E-state index in [1.807, 2.05) is 41.5 Å². The number of amides is 2. The molecule has 0 N–H and O–H groups in total. The molecule has 4 heteroatoms. The first-order valence-corrected chi connectivity index (χ1v) is 6.82. The van der Waals surface area contributed by atoms with E-state index in [0.29, 0.717) is 0 Å². The first-order valence-electron chi connectivity index (χ1n) is 6.82. The molecule has 0 spiro atoms. The lowest BCUT2D eigenvalue weighted by Gasteiger charge is -2.32. The number of cyclic esters (lactones) is 1. The molecule has 1 rings (SSSR count). The van der Waals surface area contributed by atoms with Gasteiger partial charge < -0.3 is 4.74 Å². The summed E-state index contributed by atoms with van der Waals surface area (Å²) in [6, 6.07) is -0.182. The zero-order chi connectivity index (χ0) is 14.1. The summed E-state index contributed by atoms with van der Waals surface area (Å²) < 4.78 is 5.36. The van der Waals surface area contributed by atoms with E-state index in [2.05, 4.69) is 0 Å². The zero-order valence-electron chi connectivity index (χ0n) is 12.3. The molecule has 1 atom stereocenters. The average Bonchev–Trinajstić information content (AvgIpc) is 2.49. The Morgan fingerprint density at radius 1 is 1.33 bits per heavy atom. The van der Waals surface area contributed by atoms with Crippen LogP contribution in [0, 0.1) is 11.8 Å². The molecule has 104 valence electrons. The normalized spacial score (nSPS) is 22.8. The fourth-order valence-electron chi connectivity index (χ4n) is 2.92. The number of imide groups is 1. The van der Waals surface area contributed by atoms with E-state index < -0.39 is 11.7 Å². The van der Waals surface area contributed by atoms with E-state index in [4.69, 9.17) is 4.74 Å². The predicted octanol–water partition coefficient (Wildman–Crippen LogP) is 3.20. The van der Waals surface area contributed by atoms with E-state index in [1.54, 1.807) is 0 Å². The summed E-state index contributed by atoms with van der Waals surface area (Å²) in [7, 11) is 0. The Hall–Kier alpha value is -1.06. The average molecular weight is 255 g/mol. The molecular formula is C14H25NO3. The predicted molar refractivity (Wildman–Crippen MR) is 70.1 cm³/mol. The van der Waals surface area contributed by atoms with E-state index >= 15 is 0 Å². The molecule has 1 aliphatic heterocycles. The molecule has 0 unspecified atom stereocenters. The summed E-state index contributed by atoms with van der Waals surface area (Å²) in [5.74, 6) is 0.00624. The van der Waals surface area contributed by atoms with Gasteiger partial charge in [0.15, 0.2) is 0 Å². The van der Waals surface area contributed by atoms with Gasteiger partial charge in [-0.2, -0.15) is 0 Å². The van der Waals surface area contributed by atoms with Crippen molar-refractivity contribution in [2.24, 2.45) is 11.8 Å². The van der Waals surface area contributed by atoms with Gasteiger partial charge in [0.05, 0.1) is 6.04 Å². The van der Waals surface area contributed by atoms with Crippen molar-refractivity contribution in [1.82, 2.24) is 4.90 Å². The smallest absolute Gasteiger partial charge is 0.417 e. The van der Waals surface area contributed by atoms with E-state index in [9.17, 15) is 9.59 Å². The molecule has 4 nitrogen and oxygen atoms in total. The Kier molecular flexibility index (Phi) is 4.41. The van der Waals surface area contributed by atoms with Crippen molar-refractivity contribution in [3.63, 3.8) is 0 Å². The first kappa shape index (κ1) is 15.0. The third kappa shape index (κ3) is 2.52. The van der Waals surface area contributed by atoms with Crippen LogP contribution in [0.15, 0.2) is 0 Å². The standard InChI is InChI=1S/C14H25NO3/c1-7-10(8-2)12(16)15-11(9(3)4)14(5,6)18-13(15)17/h9-11H,7-8H2,1-6H3/t11-/m0/s1. The molecule has 1 heterocycles. The van der Waals surface area contributed by atoms with Crippen LogP contribution in [-0.4, -0.2) is 28.5 Å². The maximum absolute atomic E-state index is 12.4. The van der Waals surface area contributed by atoms with Gasteiger partial charge in [-0.1, -0.05) is 27.7 Å². The van der Waals surface area contributed by atoms with Crippen molar-refractivity contribution in [2.75, 3.05) is 0 Å². The van der Waals surface area contributed by atoms with Crippen molar-refractivity contribution >= 4 is 12.0 Å². The largest absolute Gasteiger partial charge is 0.441 e. The van der Waals surface area contributed by atoms with Gasteiger partial charge in [-0.05, 0) is 32.6 Å². The Morgan fingerprint density at radius 2 is 1.83 bits per heavy atom. The van der Waals surface area contributed by atoms with Gasteiger partial charge in [0.2, 0.25) is 5.91 Å². The lowest BCUT2D eigenvalue weighted by atomic mass is 9.88. The van der Waals surface area contributed by atoms with Gasteiger partial charge >= 0.3 is 6.09 Å². The Bertz CT molecular complexity index is 332. The fraction of sp³-hybridized carbons (Fsp3) is 0.857. The van der Waals surface area contributed by atoms with Gasteiger partial charge in [-0.3, -0.25) is 4.79 Å². The summed E-state index contributed by atoms with van der Waals surface area (Å²) in [5, 5.41) is 0. The van der Waals surface area contributed by atoms with E-state index in [-0.39, 0.29) is 23.8 Å². The second-order valence-electron chi connectivity index (χ2n) is 5.88. The molecule has 0 aromatic rings. The number of carbonyl (C=O) groups excluding carboxylic acids is 2. The molecule has 0 bridgehead atoms. The van der Waals surface area contributed by atoms with Gasteiger partial charge in [0, 0.05) is 5.92 Å². The minimum atomic E-state index is -0.604. The molecular weight excluding hydrogens is 230 g/mol. The number of hydrogen-bond acceptors (Lipinski definition) is 3. The zero-order valence-corrected chi connectivity index (χ0v) is 12.3. The number of carbonyl (C=O) groups is 2. The highest BCUT2D eigenvalue weighted by Crippen LogP contribution is 2.35. The summed E-state index contributed by atoms with van der Waals surface area (Å²) in [4.78, 5) is 25.8. The van der Waals surface area contributed by atoms with Crippen LogP contribution in [0.4, 0.5) is 4.79 Å². The topological polar surface area (TPSA) is 46.6 Å². The lowest BCUT2D eigenvalue weighted by Crippen LogP contribution is -2.49. The Labute approximate surface area is 110 Å². The van der Waals surface area contributed by atoms with Gasteiger partial charge in [-0.25, -0.2) is 9.69 Å². The molecule has 1 saturated heterocycles. The maximum Gasteiger partial charge on any atom is 0.417 e. The van der Waals surface area contributed by atoms with Crippen LogP contribution in [0.3, 0.4) is 0 Å². The molecule has 2 amide bonds. The SMILES string of the molecule is CCC(CC)C(=O)N1C(=O)OC(C)(C)[C@@H]1C(C)C. The minimum absolute atomic E-state index is 0.0886.